The van der Waals surface area contributed by atoms with Crippen molar-refractivity contribution in [2.45, 2.75) is 26.6 Å². The van der Waals surface area contributed by atoms with Gasteiger partial charge in [-0.3, -0.25) is 9.80 Å². The molecule has 0 fully saturated rings. The van der Waals surface area contributed by atoms with E-state index in [-0.39, 0.29) is 63.8 Å². The summed E-state index contributed by atoms with van der Waals surface area (Å²) < 4.78 is 32.7. The lowest BCUT2D eigenvalue weighted by molar-refractivity contribution is 0.216. The molecule has 468 valence electrons. The number of hydrogen-bond donors (Lipinski definition) is 5. The highest BCUT2D eigenvalue weighted by molar-refractivity contribution is 5.99. The summed E-state index contributed by atoms with van der Waals surface area (Å²) in [5.74, 6) is 0.0329. The normalized spacial score (nSPS) is 11.6. The molecule has 0 aliphatic heterocycles. The zero-order chi connectivity index (χ0) is 64.6. The monoisotopic (exact) mass is 1230 g/mol. The fraction of sp³-hybridized carbons (Fsp3) is 0.229. The van der Waals surface area contributed by atoms with E-state index in [1.807, 2.05) is 76.4 Å². The quantitative estimate of drug-likeness (QED) is 0.0395. The van der Waals surface area contributed by atoms with Crippen LogP contribution in [-0.2, 0) is 19.6 Å². The van der Waals surface area contributed by atoms with Gasteiger partial charge in [-0.2, -0.15) is 0 Å². The zero-order valence-electron chi connectivity index (χ0n) is 50.9. The van der Waals surface area contributed by atoms with Crippen LogP contribution in [-0.4, -0.2) is 121 Å². The van der Waals surface area contributed by atoms with E-state index >= 15 is 0 Å². The molecule has 12 rings (SSSR count). The molecule has 91 heavy (non-hydrogen) atoms. The Morgan fingerprint density at radius 3 is 1.16 bits per heavy atom. The molecule has 0 aliphatic rings. The molecule has 5 N–H and O–H groups in total. The van der Waals surface area contributed by atoms with Gasteiger partial charge in [-0.1, -0.05) is 61.5 Å². The van der Waals surface area contributed by atoms with Gasteiger partial charge in [0, 0.05) is 120 Å². The highest BCUT2D eigenvalue weighted by Crippen LogP contribution is 2.37. The molecule has 0 radical (unpaired) electrons. The minimum absolute atomic E-state index is 0.0192. The number of aromatic hydroxyl groups is 3. The minimum Gasteiger partial charge on any atom is -0.507 e. The molecule has 21 heteroatoms. The summed E-state index contributed by atoms with van der Waals surface area (Å²) in [6.07, 6.45) is 0. The first-order chi connectivity index (χ1) is 43.8. The number of nitrogens with one attached hydrogen (secondary N) is 1. The lowest BCUT2D eigenvalue weighted by atomic mass is 9.99. The van der Waals surface area contributed by atoms with Crippen molar-refractivity contribution in [3.8, 4) is 50.6 Å². The van der Waals surface area contributed by atoms with E-state index in [0.717, 1.165) is 42.3 Å². The molecule has 0 atom stereocenters. The molecule has 6 heterocycles. The van der Waals surface area contributed by atoms with Crippen LogP contribution in [0.4, 0.5) is 0 Å². The Morgan fingerprint density at radius 1 is 0.407 bits per heavy atom. The fourth-order valence-electron chi connectivity index (χ4n) is 10.7. The van der Waals surface area contributed by atoms with Crippen LogP contribution in [0.5, 0.6) is 17.2 Å². The minimum atomic E-state index is -0.642. The molecule has 0 bridgehead atoms. The predicted octanol–water partition coefficient (Wildman–Crippen LogP) is 9.27. The lowest BCUT2D eigenvalue weighted by Crippen LogP contribution is -2.31. The van der Waals surface area contributed by atoms with E-state index in [1.54, 1.807) is 90.8 Å². The van der Waals surface area contributed by atoms with Gasteiger partial charge < -0.3 is 62.0 Å². The van der Waals surface area contributed by atoms with Crippen molar-refractivity contribution in [2.24, 2.45) is 0 Å². The number of phenolic OH excluding ortho intramolecular Hbond substituents is 3. The third kappa shape index (κ3) is 14.4. The molecule has 0 saturated heterocycles. The molecule has 0 aliphatic carbocycles. The van der Waals surface area contributed by atoms with Crippen LogP contribution in [0.2, 0.25) is 0 Å². The zero-order valence-corrected chi connectivity index (χ0v) is 50.9. The second kappa shape index (κ2) is 28.1. The molecule has 12 aromatic rings. The van der Waals surface area contributed by atoms with Gasteiger partial charge in [0.25, 0.3) is 0 Å². The first-order valence-electron chi connectivity index (χ1n) is 29.3. The first-order valence-corrected chi connectivity index (χ1v) is 29.3. The second-order valence-electron chi connectivity index (χ2n) is 22.3. The van der Waals surface area contributed by atoms with E-state index in [0.29, 0.717) is 92.5 Å². The van der Waals surface area contributed by atoms with Gasteiger partial charge in [0.1, 0.15) is 50.7 Å². The number of para-hydroxylation sites is 3. The largest absolute Gasteiger partial charge is 0.507 e. The Hall–Kier alpha value is -10.3. The van der Waals surface area contributed by atoms with Gasteiger partial charge >= 0.3 is 33.8 Å². The predicted molar refractivity (Wildman–Crippen MR) is 350 cm³/mol. The Bertz CT molecular complexity index is 5040. The SMILES string of the molecule is CCN(CCN(C)C)Cc1c(O)ccc2c(-c3cc4ccccc4oc3=O)cc(=O)oc12.CN(C)CCNCc1c(O)ccc2c(-c3cc4ccccc4oc3=O)cc(=O)oc12.CN(CCO)Cc1c(O)ccc2c(-c3cc4ccccc4oc3=O)cc(=O)oc12. The Labute approximate surface area is 518 Å². The summed E-state index contributed by atoms with van der Waals surface area (Å²) in [4.78, 5) is 83.2. The van der Waals surface area contributed by atoms with E-state index in [4.69, 9.17) is 31.6 Å². The van der Waals surface area contributed by atoms with E-state index < -0.39 is 33.8 Å². The molecule has 0 amide bonds. The maximum atomic E-state index is 12.8. The summed E-state index contributed by atoms with van der Waals surface area (Å²) in [7, 11) is 9.72. The third-order valence-corrected chi connectivity index (χ3v) is 15.4. The number of hydrogen-bond acceptors (Lipinski definition) is 21. The number of aliphatic hydroxyl groups is 1. The van der Waals surface area contributed by atoms with Crippen LogP contribution >= 0.6 is 0 Å². The van der Waals surface area contributed by atoms with Crippen molar-refractivity contribution < 1.29 is 46.9 Å². The van der Waals surface area contributed by atoms with Gasteiger partial charge in [-0.05, 0) is 115 Å². The van der Waals surface area contributed by atoms with Crippen molar-refractivity contribution in [2.75, 3.05) is 81.1 Å². The molecule has 21 nitrogen and oxygen atoms in total. The van der Waals surface area contributed by atoms with E-state index in [2.05, 4.69) is 15.1 Å². The van der Waals surface area contributed by atoms with Gasteiger partial charge in [0.15, 0.2) is 0 Å². The van der Waals surface area contributed by atoms with Crippen molar-refractivity contribution in [3.05, 3.63) is 225 Å². The average molecular weight is 1230 g/mol. The van der Waals surface area contributed by atoms with Crippen LogP contribution in [0.25, 0.3) is 99.2 Å². The number of rotatable bonds is 18. The standard InChI is InChI=1S/C25H26N2O5.C23H22N2O5.C22H19NO6/c1-4-27(12-11-26(2)3)15-20-21(28)10-9-17-18(14-23(29)32-24(17)20)19-13-16-7-5-6-8-22(16)31-25(19)30;1-25(2)10-9-24-13-18-19(26)8-7-15-16(12-21(27)30-22(15)18)17-11-14-5-3-4-6-20(14)29-23(17)28;1-23(8-9-24)12-17-18(25)7-6-14-15(11-20(26)29-21(14)17)16-10-13-4-2-3-5-19(13)28-22(16)27/h5-10,13-14,28H,4,11-12,15H2,1-3H3;3-8,11-12,24,26H,9-10,13H2,1-2H3;2-7,10-11,24-25H,8-9,12H2,1H3. The maximum absolute atomic E-state index is 12.8. The van der Waals surface area contributed by atoms with Crippen molar-refractivity contribution in [1.29, 1.82) is 0 Å². The molecular weight excluding hydrogens is 1170 g/mol. The first kappa shape index (κ1) is 63.7. The number of phenols is 3. The van der Waals surface area contributed by atoms with Crippen LogP contribution < -0.4 is 39.1 Å². The number of nitrogens with zero attached hydrogens (tertiary/aromatic N) is 4. The topological polar surface area (TPSA) is 287 Å². The summed E-state index contributed by atoms with van der Waals surface area (Å²) in [5.41, 5.74) is 2.04. The molecule has 0 unspecified atom stereocenters. The number of fused-ring (bicyclic) bond motifs is 6. The van der Waals surface area contributed by atoms with Gasteiger partial charge in [-0.15, -0.1) is 0 Å². The summed E-state index contributed by atoms with van der Waals surface area (Å²) in [5, 5.41) is 47.5. The Kier molecular flexibility index (Phi) is 19.7. The molecule has 6 aromatic heterocycles. The van der Waals surface area contributed by atoms with Crippen molar-refractivity contribution in [1.82, 2.24) is 24.9 Å². The number of benzene rings is 6. The van der Waals surface area contributed by atoms with Crippen LogP contribution in [0.3, 0.4) is 0 Å². The van der Waals surface area contributed by atoms with Crippen molar-refractivity contribution in [3.63, 3.8) is 0 Å². The number of likely N-dealkylation sites (N-methyl/N-ethyl adjacent to an activating group) is 4. The Morgan fingerprint density at radius 2 is 0.780 bits per heavy atom. The highest BCUT2D eigenvalue weighted by Gasteiger charge is 2.23. The summed E-state index contributed by atoms with van der Waals surface area (Å²) >= 11 is 0. The molecule has 0 saturated carbocycles. The average Bonchev–Trinajstić information content (AvgIpc) is 0.870. The van der Waals surface area contributed by atoms with Gasteiger partial charge in [0.05, 0.1) is 40.0 Å². The lowest BCUT2D eigenvalue weighted by Gasteiger charge is -2.23. The smallest absolute Gasteiger partial charge is 0.344 e. The van der Waals surface area contributed by atoms with Crippen molar-refractivity contribution >= 4 is 65.8 Å². The number of aliphatic hydroxyl groups excluding tert-OH is 1. The van der Waals surface area contributed by atoms with Crippen LogP contribution in [0, 0.1) is 0 Å². The van der Waals surface area contributed by atoms with E-state index in [9.17, 15) is 44.1 Å². The van der Waals surface area contributed by atoms with Gasteiger partial charge in [0.2, 0.25) is 0 Å². The second-order valence-corrected chi connectivity index (χ2v) is 22.3. The highest BCUT2D eigenvalue weighted by atomic mass is 16.4. The molecular formula is C70H67N5O16. The Balaban J connectivity index is 0.000000150. The fourth-order valence-corrected chi connectivity index (χ4v) is 10.7. The maximum Gasteiger partial charge on any atom is 0.344 e. The van der Waals surface area contributed by atoms with Crippen LogP contribution in [0.1, 0.15) is 23.6 Å². The molecule has 6 aromatic carbocycles. The molecule has 0 spiro atoms. The summed E-state index contributed by atoms with van der Waals surface area (Å²) in [6, 6.07) is 40.0. The van der Waals surface area contributed by atoms with Crippen LogP contribution in [0.15, 0.2) is 201 Å². The van der Waals surface area contributed by atoms with Gasteiger partial charge in [-0.25, -0.2) is 28.8 Å². The van der Waals surface area contributed by atoms with E-state index in [1.165, 1.54) is 30.3 Å². The summed E-state index contributed by atoms with van der Waals surface area (Å²) in [6.45, 7) is 7.28. The third-order valence-electron chi connectivity index (χ3n) is 15.4.